The first-order valence-electron chi connectivity index (χ1n) is 6.97. The Morgan fingerprint density at radius 1 is 1.29 bits per heavy atom. The van der Waals surface area contributed by atoms with E-state index in [4.69, 9.17) is 0 Å². The third-order valence-electron chi connectivity index (χ3n) is 3.32. The third kappa shape index (κ3) is 6.14. The maximum Gasteiger partial charge on any atom is 0.251 e. The molecule has 0 aliphatic heterocycles. The van der Waals surface area contributed by atoms with Crippen LogP contribution in [0.4, 0.5) is 0 Å². The predicted octanol–water partition coefficient (Wildman–Crippen LogP) is 1.08. The molecule has 21 heavy (non-hydrogen) atoms. The molecule has 0 bridgehead atoms. The third-order valence-corrected chi connectivity index (χ3v) is 3.32. The number of hydrogen-bond donors (Lipinski definition) is 3. The Morgan fingerprint density at radius 2 is 2.05 bits per heavy atom. The van der Waals surface area contributed by atoms with Crippen molar-refractivity contribution in [2.75, 3.05) is 20.1 Å². The van der Waals surface area contributed by atoms with Gasteiger partial charge in [0.25, 0.3) is 5.91 Å². The van der Waals surface area contributed by atoms with Gasteiger partial charge in [-0.3, -0.25) is 9.59 Å². The Labute approximate surface area is 131 Å². The Kier molecular flexibility index (Phi) is 7.19. The molecule has 5 nitrogen and oxygen atoms in total. The maximum absolute atomic E-state index is 11.6. The SMILES string of the molecule is CNC(=O)c1cccc(CNC(=O)CNCC2CC2)c1.Cl. The summed E-state index contributed by atoms with van der Waals surface area (Å²) < 4.78 is 0. The van der Waals surface area contributed by atoms with Gasteiger partial charge in [-0.25, -0.2) is 0 Å². The van der Waals surface area contributed by atoms with Crippen LogP contribution in [0.3, 0.4) is 0 Å². The molecule has 0 atom stereocenters. The van der Waals surface area contributed by atoms with Crippen molar-refractivity contribution in [1.82, 2.24) is 16.0 Å². The molecule has 1 saturated carbocycles. The first kappa shape index (κ1) is 17.5. The van der Waals surface area contributed by atoms with Crippen LogP contribution in [0.5, 0.6) is 0 Å². The van der Waals surface area contributed by atoms with Crippen LogP contribution in [0.15, 0.2) is 24.3 Å². The van der Waals surface area contributed by atoms with Gasteiger partial charge in [0.05, 0.1) is 6.54 Å². The first-order chi connectivity index (χ1) is 9.69. The van der Waals surface area contributed by atoms with Crippen molar-refractivity contribution < 1.29 is 9.59 Å². The quantitative estimate of drug-likeness (QED) is 0.706. The van der Waals surface area contributed by atoms with Gasteiger partial charge < -0.3 is 16.0 Å². The average Bonchev–Trinajstić information content (AvgIpc) is 3.29. The Hall–Kier alpha value is -1.59. The molecule has 1 aromatic rings. The second kappa shape index (κ2) is 8.64. The van der Waals surface area contributed by atoms with Crippen LogP contribution < -0.4 is 16.0 Å². The Balaban J connectivity index is 0.00000220. The highest BCUT2D eigenvalue weighted by molar-refractivity contribution is 5.94. The van der Waals surface area contributed by atoms with Gasteiger partial charge in [0.1, 0.15) is 0 Å². The number of carbonyl (C=O) groups is 2. The molecule has 1 fully saturated rings. The van der Waals surface area contributed by atoms with Gasteiger partial charge in [-0.05, 0) is 43.0 Å². The van der Waals surface area contributed by atoms with E-state index in [1.807, 2.05) is 12.1 Å². The van der Waals surface area contributed by atoms with Crippen molar-refractivity contribution in [2.24, 2.45) is 5.92 Å². The summed E-state index contributed by atoms with van der Waals surface area (Å²) in [4.78, 5) is 23.1. The van der Waals surface area contributed by atoms with E-state index in [0.717, 1.165) is 18.0 Å². The van der Waals surface area contributed by atoms with E-state index in [1.165, 1.54) is 12.8 Å². The second-order valence-corrected chi connectivity index (χ2v) is 5.13. The van der Waals surface area contributed by atoms with Crippen molar-refractivity contribution in [3.8, 4) is 0 Å². The van der Waals surface area contributed by atoms with Gasteiger partial charge in [-0.1, -0.05) is 12.1 Å². The molecule has 0 spiro atoms. The van der Waals surface area contributed by atoms with Gasteiger partial charge in [0.2, 0.25) is 5.91 Å². The molecule has 1 aliphatic carbocycles. The van der Waals surface area contributed by atoms with E-state index >= 15 is 0 Å². The highest BCUT2D eigenvalue weighted by atomic mass is 35.5. The van der Waals surface area contributed by atoms with Crippen molar-refractivity contribution in [1.29, 1.82) is 0 Å². The normalized spacial score (nSPS) is 13.2. The Morgan fingerprint density at radius 3 is 2.71 bits per heavy atom. The van der Waals surface area contributed by atoms with Gasteiger partial charge in [-0.2, -0.15) is 0 Å². The van der Waals surface area contributed by atoms with Crippen LogP contribution in [0.1, 0.15) is 28.8 Å². The number of hydrogen-bond acceptors (Lipinski definition) is 3. The topological polar surface area (TPSA) is 70.2 Å². The summed E-state index contributed by atoms with van der Waals surface area (Å²) in [5.41, 5.74) is 1.52. The van der Waals surface area contributed by atoms with E-state index in [9.17, 15) is 9.59 Å². The van der Waals surface area contributed by atoms with E-state index in [-0.39, 0.29) is 24.2 Å². The summed E-state index contributed by atoms with van der Waals surface area (Å²) in [5.74, 6) is 0.632. The molecule has 1 aliphatic rings. The van der Waals surface area contributed by atoms with E-state index < -0.39 is 0 Å². The first-order valence-corrected chi connectivity index (χ1v) is 6.97. The summed E-state index contributed by atoms with van der Waals surface area (Å²) in [5, 5.41) is 8.57. The van der Waals surface area contributed by atoms with Crippen LogP contribution in [0.25, 0.3) is 0 Å². The minimum Gasteiger partial charge on any atom is -0.355 e. The lowest BCUT2D eigenvalue weighted by Crippen LogP contribution is -2.34. The summed E-state index contributed by atoms with van der Waals surface area (Å²) in [7, 11) is 1.60. The fourth-order valence-electron chi connectivity index (χ4n) is 1.94. The van der Waals surface area contributed by atoms with Gasteiger partial charge >= 0.3 is 0 Å². The van der Waals surface area contributed by atoms with E-state index in [2.05, 4.69) is 16.0 Å². The minimum absolute atomic E-state index is 0. The van der Waals surface area contributed by atoms with Gasteiger partial charge in [0.15, 0.2) is 0 Å². The number of benzene rings is 1. The fourth-order valence-corrected chi connectivity index (χ4v) is 1.94. The summed E-state index contributed by atoms with van der Waals surface area (Å²) in [6.45, 7) is 1.72. The standard InChI is InChI=1S/C15H21N3O2.ClH/c1-16-15(20)13-4-2-3-12(7-13)9-18-14(19)10-17-8-11-5-6-11;/h2-4,7,11,17H,5-6,8-10H2,1H3,(H,16,20)(H,18,19);1H. The van der Waals surface area contributed by atoms with E-state index in [1.54, 1.807) is 19.2 Å². The molecular formula is C15H22ClN3O2. The molecule has 1 aromatic carbocycles. The molecule has 0 radical (unpaired) electrons. The minimum atomic E-state index is -0.121. The van der Waals surface area contributed by atoms with Crippen molar-refractivity contribution in [2.45, 2.75) is 19.4 Å². The molecule has 2 rings (SSSR count). The molecule has 3 N–H and O–H groups in total. The lowest BCUT2D eigenvalue weighted by molar-refractivity contribution is -0.120. The van der Waals surface area contributed by atoms with E-state index in [0.29, 0.717) is 18.7 Å². The molecule has 0 aromatic heterocycles. The zero-order valence-electron chi connectivity index (χ0n) is 12.1. The smallest absolute Gasteiger partial charge is 0.251 e. The maximum atomic E-state index is 11.6. The van der Waals surface area contributed by atoms with Crippen LogP contribution in [-0.4, -0.2) is 32.0 Å². The van der Waals surface area contributed by atoms with Crippen LogP contribution >= 0.6 is 12.4 Å². The summed E-state index contributed by atoms with van der Waals surface area (Å²) in [6, 6.07) is 7.25. The Bertz CT molecular complexity index is 490. The molecule has 116 valence electrons. The molecule has 2 amide bonds. The lowest BCUT2D eigenvalue weighted by atomic mass is 10.1. The lowest BCUT2D eigenvalue weighted by Gasteiger charge is -2.07. The second-order valence-electron chi connectivity index (χ2n) is 5.13. The largest absolute Gasteiger partial charge is 0.355 e. The zero-order chi connectivity index (χ0) is 14.4. The predicted molar refractivity (Wildman–Crippen MR) is 84.5 cm³/mol. The van der Waals surface area contributed by atoms with Crippen molar-refractivity contribution >= 4 is 24.2 Å². The van der Waals surface area contributed by atoms with Crippen LogP contribution in [0.2, 0.25) is 0 Å². The fraction of sp³-hybridized carbons (Fsp3) is 0.467. The van der Waals surface area contributed by atoms with Crippen molar-refractivity contribution in [3.05, 3.63) is 35.4 Å². The summed E-state index contributed by atoms with van der Waals surface area (Å²) >= 11 is 0. The van der Waals surface area contributed by atoms with Gasteiger partial charge in [-0.15, -0.1) is 12.4 Å². The number of carbonyl (C=O) groups excluding carboxylic acids is 2. The highest BCUT2D eigenvalue weighted by Gasteiger charge is 2.20. The number of amides is 2. The monoisotopic (exact) mass is 311 g/mol. The molecular weight excluding hydrogens is 290 g/mol. The molecule has 0 saturated heterocycles. The van der Waals surface area contributed by atoms with Gasteiger partial charge in [0, 0.05) is 19.2 Å². The number of rotatable bonds is 7. The van der Waals surface area contributed by atoms with Crippen LogP contribution in [0, 0.1) is 5.92 Å². The van der Waals surface area contributed by atoms with Crippen molar-refractivity contribution in [3.63, 3.8) is 0 Å². The number of nitrogens with one attached hydrogen (secondary N) is 3. The van der Waals surface area contributed by atoms with Crippen LogP contribution in [-0.2, 0) is 11.3 Å². The molecule has 0 unspecified atom stereocenters. The zero-order valence-corrected chi connectivity index (χ0v) is 13.0. The molecule has 6 heteroatoms. The average molecular weight is 312 g/mol. The highest BCUT2D eigenvalue weighted by Crippen LogP contribution is 2.27. The molecule has 0 heterocycles. The number of halogens is 1. The summed E-state index contributed by atoms with van der Waals surface area (Å²) in [6.07, 6.45) is 2.56.